The quantitative estimate of drug-likeness (QED) is 0.602. The summed E-state index contributed by atoms with van der Waals surface area (Å²) >= 11 is 1.57. The largest absolute Gasteiger partial charge is 0.463 e. The van der Waals surface area contributed by atoms with Gasteiger partial charge in [0.15, 0.2) is 5.65 Å². The van der Waals surface area contributed by atoms with Gasteiger partial charge in [-0.1, -0.05) is 0 Å². The second-order valence-corrected chi connectivity index (χ2v) is 5.89. The molecule has 7 nitrogen and oxygen atoms in total. The van der Waals surface area contributed by atoms with Crippen LogP contribution >= 0.6 is 11.3 Å². The smallest absolute Gasteiger partial charge is 0.347 e. The van der Waals surface area contributed by atoms with E-state index in [1.54, 1.807) is 29.7 Å². The van der Waals surface area contributed by atoms with Gasteiger partial charge in [-0.2, -0.15) is 5.10 Å². The average molecular weight is 314 g/mol. The molecule has 0 aliphatic rings. The summed E-state index contributed by atoms with van der Waals surface area (Å²) in [5.74, 6) is -0.250. The molecule has 0 fully saturated rings. The molecule has 0 aliphatic carbocycles. The first kappa shape index (κ1) is 12.8. The lowest BCUT2D eigenvalue weighted by atomic mass is 10.2. The van der Waals surface area contributed by atoms with Crippen LogP contribution in [0.2, 0.25) is 0 Å². The molecule has 0 saturated carbocycles. The molecule has 0 unspecified atom stereocenters. The van der Waals surface area contributed by atoms with Gasteiger partial charge in [-0.15, -0.1) is 11.3 Å². The van der Waals surface area contributed by atoms with Crippen LogP contribution in [0.25, 0.3) is 15.9 Å². The van der Waals surface area contributed by atoms with E-state index in [0.717, 1.165) is 15.2 Å². The molecule has 0 spiro atoms. The molecule has 0 bridgehead atoms. The van der Waals surface area contributed by atoms with Gasteiger partial charge in [0.1, 0.15) is 5.58 Å². The zero-order valence-corrected chi connectivity index (χ0v) is 12.0. The number of nitrogens with one attached hydrogen (secondary N) is 2. The summed E-state index contributed by atoms with van der Waals surface area (Å²) in [5, 5.41) is 8.97. The molecule has 0 aromatic carbocycles. The van der Waals surface area contributed by atoms with E-state index in [9.17, 15) is 9.59 Å². The topological polar surface area (TPSA) is 92.4 Å². The van der Waals surface area contributed by atoms with Crippen molar-refractivity contribution in [2.75, 3.05) is 0 Å². The second-order valence-electron chi connectivity index (χ2n) is 4.72. The molecule has 8 heteroatoms. The molecule has 0 saturated heterocycles. The molecule has 4 aromatic heterocycles. The van der Waals surface area contributed by atoms with E-state index in [1.807, 2.05) is 12.1 Å². The lowest BCUT2D eigenvalue weighted by Gasteiger charge is -2.03. The van der Waals surface area contributed by atoms with Crippen molar-refractivity contribution in [1.29, 1.82) is 0 Å². The van der Waals surface area contributed by atoms with Gasteiger partial charge in [0.2, 0.25) is 0 Å². The standard InChI is InChI=1S/C14H10N4O3S/c19-13(8-1-2-12-16-17-14(20)18(12)7-8)15-6-9-5-10-11(22-9)3-4-21-10/h1-5,7H,6H2,(H,15,19)(H,17,20). The van der Waals surface area contributed by atoms with E-state index in [-0.39, 0.29) is 11.6 Å². The molecule has 1 amide bonds. The van der Waals surface area contributed by atoms with Gasteiger partial charge in [-0.3, -0.25) is 4.79 Å². The molecule has 22 heavy (non-hydrogen) atoms. The van der Waals surface area contributed by atoms with Crippen LogP contribution in [0.15, 0.2) is 45.9 Å². The number of amides is 1. The van der Waals surface area contributed by atoms with E-state index in [4.69, 9.17) is 4.42 Å². The van der Waals surface area contributed by atoms with Crippen molar-refractivity contribution >= 4 is 33.2 Å². The number of pyridine rings is 1. The fourth-order valence-corrected chi connectivity index (χ4v) is 3.14. The number of aromatic amines is 1. The van der Waals surface area contributed by atoms with Crippen LogP contribution in [0, 0.1) is 0 Å². The predicted octanol–water partition coefficient (Wildman–Crippen LogP) is 1.76. The van der Waals surface area contributed by atoms with Crippen LogP contribution in [-0.4, -0.2) is 20.5 Å². The van der Waals surface area contributed by atoms with Crippen LogP contribution in [0.3, 0.4) is 0 Å². The first-order valence-corrected chi connectivity index (χ1v) is 7.33. The maximum absolute atomic E-state index is 12.2. The van der Waals surface area contributed by atoms with Gasteiger partial charge >= 0.3 is 5.69 Å². The Hall–Kier alpha value is -2.87. The lowest BCUT2D eigenvalue weighted by molar-refractivity contribution is 0.0951. The third-order valence-corrected chi connectivity index (χ3v) is 4.37. The fraction of sp³-hybridized carbons (Fsp3) is 0.0714. The second kappa shape index (κ2) is 4.85. The molecule has 0 atom stereocenters. The average Bonchev–Trinajstić information content (AvgIpc) is 3.19. The number of carbonyl (C=O) groups is 1. The SMILES string of the molecule is O=C(NCc1cc2occc2s1)c1ccc2n[nH]c(=O)n2c1. The van der Waals surface area contributed by atoms with E-state index in [2.05, 4.69) is 15.5 Å². The Morgan fingerprint density at radius 2 is 2.32 bits per heavy atom. The third kappa shape index (κ3) is 2.09. The minimum atomic E-state index is -0.372. The number of H-pyrrole nitrogens is 1. The van der Waals surface area contributed by atoms with E-state index >= 15 is 0 Å². The molecule has 0 radical (unpaired) electrons. The molecule has 4 heterocycles. The zero-order chi connectivity index (χ0) is 15.1. The molecule has 110 valence electrons. The number of nitrogens with zero attached hydrogens (tertiary/aromatic N) is 2. The number of thiophene rings is 1. The highest BCUT2D eigenvalue weighted by Crippen LogP contribution is 2.26. The van der Waals surface area contributed by atoms with Crippen molar-refractivity contribution < 1.29 is 9.21 Å². The first-order chi connectivity index (χ1) is 10.7. The number of rotatable bonds is 3. The Labute approximate surface area is 127 Å². The number of hydrogen-bond acceptors (Lipinski definition) is 5. The minimum Gasteiger partial charge on any atom is -0.463 e. The van der Waals surface area contributed by atoms with Crippen molar-refractivity contribution in [3.05, 3.63) is 57.7 Å². The summed E-state index contributed by atoms with van der Waals surface area (Å²) in [4.78, 5) is 24.7. The summed E-state index contributed by atoms with van der Waals surface area (Å²) in [5.41, 5.74) is 1.32. The Morgan fingerprint density at radius 1 is 1.41 bits per heavy atom. The van der Waals surface area contributed by atoms with Crippen molar-refractivity contribution in [3.63, 3.8) is 0 Å². The Kier molecular flexibility index (Phi) is 2.83. The number of fused-ring (bicyclic) bond motifs is 2. The van der Waals surface area contributed by atoms with Gasteiger partial charge in [0.05, 0.1) is 23.1 Å². The predicted molar refractivity (Wildman–Crippen MR) is 81.1 cm³/mol. The zero-order valence-electron chi connectivity index (χ0n) is 11.2. The molecule has 2 N–H and O–H groups in total. The van der Waals surface area contributed by atoms with Crippen molar-refractivity contribution in [3.8, 4) is 0 Å². The van der Waals surface area contributed by atoms with Crippen molar-refractivity contribution in [2.45, 2.75) is 6.54 Å². The van der Waals surface area contributed by atoms with E-state index in [0.29, 0.717) is 17.8 Å². The maximum Gasteiger partial charge on any atom is 0.347 e. The summed E-state index contributed by atoms with van der Waals surface area (Å²) < 4.78 is 7.64. The highest BCUT2D eigenvalue weighted by atomic mass is 32.1. The normalized spacial score (nSPS) is 11.3. The fourth-order valence-electron chi connectivity index (χ4n) is 2.21. The summed E-state index contributed by atoms with van der Waals surface area (Å²) in [7, 11) is 0. The van der Waals surface area contributed by atoms with Crippen LogP contribution < -0.4 is 11.0 Å². The highest BCUT2D eigenvalue weighted by Gasteiger charge is 2.10. The number of hydrogen-bond donors (Lipinski definition) is 2. The minimum absolute atomic E-state index is 0.250. The van der Waals surface area contributed by atoms with Crippen LogP contribution in [0.4, 0.5) is 0 Å². The monoisotopic (exact) mass is 314 g/mol. The van der Waals surface area contributed by atoms with Crippen molar-refractivity contribution in [1.82, 2.24) is 19.9 Å². The van der Waals surface area contributed by atoms with Gasteiger partial charge in [0.25, 0.3) is 5.91 Å². The van der Waals surface area contributed by atoms with Crippen LogP contribution in [0.5, 0.6) is 0 Å². The van der Waals surface area contributed by atoms with Gasteiger partial charge in [-0.25, -0.2) is 14.3 Å². The number of aromatic nitrogens is 3. The Bertz CT molecular complexity index is 1010. The maximum atomic E-state index is 12.2. The van der Waals surface area contributed by atoms with E-state index < -0.39 is 0 Å². The Balaban J connectivity index is 1.54. The van der Waals surface area contributed by atoms with Crippen molar-refractivity contribution in [2.24, 2.45) is 0 Å². The molecule has 0 aliphatic heterocycles. The first-order valence-electron chi connectivity index (χ1n) is 6.51. The summed E-state index contributed by atoms with van der Waals surface area (Å²) in [6.45, 7) is 0.409. The summed E-state index contributed by atoms with van der Waals surface area (Å²) in [6.07, 6.45) is 3.11. The van der Waals surface area contributed by atoms with Gasteiger partial charge < -0.3 is 9.73 Å². The van der Waals surface area contributed by atoms with Gasteiger partial charge in [0, 0.05) is 11.1 Å². The number of carbonyl (C=O) groups excluding carboxylic acids is 1. The van der Waals surface area contributed by atoms with Crippen LogP contribution in [0.1, 0.15) is 15.2 Å². The molecular weight excluding hydrogens is 304 g/mol. The molecular formula is C14H10N4O3S. The highest BCUT2D eigenvalue weighted by molar-refractivity contribution is 7.18. The third-order valence-electron chi connectivity index (χ3n) is 3.29. The molecule has 4 aromatic rings. The van der Waals surface area contributed by atoms with Gasteiger partial charge in [-0.05, 0) is 24.3 Å². The number of furan rings is 1. The Morgan fingerprint density at radius 3 is 3.18 bits per heavy atom. The van der Waals surface area contributed by atoms with Crippen LogP contribution in [-0.2, 0) is 6.54 Å². The summed E-state index contributed by atoms with van der Waals surface area (Å²) in [6, 6.07) is 7.05. The lowest BCUT2D eigenvalue weighted by Crippen LogP contribution is -2.23. The van der Waals surface area contributed by atoms with E-state index in [1.165, 1.54) is 10.6 Å². The molecule has 4 rings (SSSR count).